The number of hydrogen-bond donors (Lipinski definition) is 4. The van der Waals surface area contributed by atoms with Crippen LogP contribution in [-0.4, -0.2) is 65.7 Å². The Labute approximate surface area is 205 Å². The van der Waals surface area contributed by atoms with E-state index in [-0.39, 0.29) is 18.5 Å². The minimum Gasteiger partial charge on any atom is -0.478 e. The van der Waals surface area contributed by atoms with Crippen molar-refractivity contribution in [3.05, 3.63) is 41.2 Å². The van der Waals surface area contributed by atoms with Crippen LogP contribution >= 0.6 is 0 Å². The zero-order valence-corrected chi connectivity index (χ0v) is 20.8. The third kappa shape index (κ3) is 5.69. The molecule has 1 aliphatic heterocycles. The van der Waals surface area contributed by atoms with Gasteiger partial charge in [0.15, 0.2) is 5.79 Å². The van der Waals surface area contributed by atoms with Gasteiger partial charge in [0.2, 0.25) is 10.0 Å². The zero-order chi connectivity index (χ0) is 25.9. The van der Waals surface area contributed by atoms with Crippen LogP contribution < -0.4 is 4.72 Å². The highest BCUT2D eigenvalue weighted by molar-refractivity contribution is 7.93. The van der Waals surface area contributed by atoms with E-state index >= 15 is 0 Å². The molecule has 35 heavy (non-hydrogen) atoms. The Bertz CT molecular complexity index is 1060. The highest BCUT2D eigenvalue weighted by Gasteiger charge is 2.57. The lowest BCUT2D eigenvalue weighted by atomic mass is 9.93. The topological polar surface area (TPSA) is 142 Å². The maximum absolute atomic E-state index is 13.8. The Hall–Kier alpha value is -2.05. The van der Waals surface area contributed by atoms with Crippen molar-refractivity contribution in [2.75, 3.05) is 17.9 Å². The van der Waals surface area contributed by atoms with Gasteiger partial charge >= 0.3 is 5.97 Å². The van der Waals surface area contributed by atoms with Crippen molar-refractivity contribution < 1.29 is 42.4 Å². The van der Waals surface area contributed by atoms with Gasteiger partial charge < -0.3 is 24.8 Å². The summed E-state index contributed by atoms with van der Waals surface area (Å²) in [6.45, 7) is 2.85. The van der Waals surface area contributed by atoms with E-state index in [4.69, 9.17) is 9.47 Å². The van der Waals surface area contributed by atoms with Gasteiger partial charge in [0.05, 0.1) is 24.5 Å². The molecule has 1 spiro atoms. The third-order valence-electron chi connectivity index (χ3n) is 6.80. The van der Waals surface area contributed by atoms with Crippen LogP contribution in [0.25, 0.3) is 0 Å². The fourth-order valence-corrected chi connectivity index (χ4v) is 6.35. The normalized spacial score (nSPS) is 28.8. The second kappa shape index (κ2) is 10.9. The second-order valence-corrected chi connectivity index (χ2v) is 11.0. The average Bonchev–Trinajstić information content (AvgIpc) is 3.14. The molecule has 1 aromatic carbocycles. The number of halogens is 1. The van der Waals surface area contributed by atoms with Gasteiger partial charge in [0.25, 0.3) is 0 Å². The highest BCUT2D eigenvalue weighted by atomic mass is 32.2. The molecule has 2 aliphatic rings. The van der Waals surface area contributed by atoms with Crippen molar-refractivity contribution >= 4 is 21.7 Å². The summed E-state index contributed by atoms with van der Waals surface area (Å²) in [4.78, 5) is 12.1. The molecule has 0 radical (unpaired) electrons. The first-order valence-corrected chi connectivity index (χ1v) is 13.5. The van der Waals surface area contributed by atoms with Crippen LogP contribution in [-0.2, 0) is 30.7 Å². The number of nitrogens with one attached hydrogen (secondary N) is 1. The number of hydrogen-bond acceptors (Lipinski definition) is 7. The molecular formula is C24H34FNO8S. The van der Waals surface area contributed by atoms with Crippen LogP contribution in [0.4, 0.5) is 10.1 Å². The monoisotopic (exact) mass is 515 g/mol. The molecule has 0 saturated carbocycles. The smallest absolute Gasteiger partial charge is 0.332 e. The predicted molar refractivity (Wildman–Crippen MR) is 127 cm³/mol. The summed E-state index contributed by atoms with van der Waals surface area (Å²) in [7, 11) is -4.23. The Morgan fingerprint density at radius 1 is 1.26 bits per heavy atom. The number of aryl methyl sites for hydroxylation is 1. The summed E-state index contributed by atoms with van der Waals surface area (Å²) in [5.74, 6) is -3.51. The number of rotatable bonds is 11. The van der Waals surface area contributed by atoms with Crippen molar-refractivity contribution in [1.29, 1.82) is 0 Å². The molecule has 1 aliphatic carbocycles. The van der Waals surface area contributed by atoms with E-state index in [1.54, 1.807) is 6.92 Å². The molecule has 4 N–H and O–H groups in total. The third-order valence-corrected chi connectivity index (χ3v) is 8.55. The lowest BCUT2D eigenvalue weighted by Gasteiger charge is -2.34. The van der Waals surface area contributed by atoms with Crippen molar-refractivity contribution in [1.82, 2.24) is 0 Å². The van der Waals surface area contributed by atoms with Gasteiger partial charge in [-0.25, -0.2) is 17.6 Å². The molecule has 1 heterocycles. The van der Waals surface area contributed by atoms with E-state index in [0.717, 1.165) is 31.4 Å². The Kier molecular flexibility index (Phi) is 8.59. The quantitative estimate of drug-likeness (QED) is 0.330. The van der Waals surface area contributed by atoms with E-state index in [1.807, 2.05) is 6.92 Å². The first kappa shape index (κ1) is 27.5. The average molecular weight is 516 g/mol. The summed E-state index contributed by atoms with van der Waals surface area (Å²) in [6.07, 6.45) is 3.47. The molecule has 0 amide bonds. The fourth-order valence-electron chi connectivity index (χ4n) is 4.77. The molecule has 1 aromatic rings. The lowest BCUT2D eigenvalue weighted by Crippen LogP contribution is -2.46. The van der Waals surface area contributed by atoms with Crippen LogP contribution in [0.1, 0.15) is 57.9 Å². The fraction of sp³-hybridized carbons (Fsp3) is 0.625. The number of aliphatic hydroxyl groups excluding tert-OH is 2. The minimum atomic E-state index is -4.23. The number of unbranched alkanes of at least 4 members (excludes halogenated alkanes) is 2. The van der Waals surface area contributed by atoms with Gasteiger partial charge in [0, 0.05) is 6.42 Å². The molecule has 11 heteroatoms. The minimum absolute atomic E-state index is 0.000379. The van der Waals surface area contributed by atoms with Gasteiger partial charge in [-0.15, -0.1) is 0 Å². The largest absolute Gasteiger partial charge is 0.478 e. The Morgan fingerprint density at radius 2 is 2.00 bits per heavy atom. The first-order chi connectivity index (χ1) is 16.5. The van der Waals surface area contributed by atoms with E-state index < -0.39 is 63.3 Å². The lowest BCUT2D eigenvalue weighted by molar-refractivity contribution is -0.171. The van der Waals surface area contributed by atoms with E-state index in [1.165, 1.54) is 12.1 Å². The zero-order valence-electron chi connectivity index (χ0n) is 20.0. The summed E-state index contributed by atoms with van der Waals surface area (Å²) < 4.78 is 54.8. The molecule has 4 atom stereocenters. The number of carboxylic acids is 1. The van der Waals surface area contributed by atoms with E-state index in [2.05, 4.69) is 4.72 Å². The molecular weight excluding hydrogens is 481 g/mol. The summed E-state index contributed by atoms with van der Waals surface area (Å²) in [5.41, 5.74) is -0.953. The predicted octanol–water partition coefficient (Wildman–Crippen LogP) is 2.72. The molecule has 0 bridgehead atoms. The number of anilines is 1. The molecule has 0 aromatic heterocycles. The number of aliphatic carboxylic acids is 1. The van der Waals surface area contributed by atoms with Gasteiger partial charge in [-0.1, -0.05) is 26.7 Å². The van der Waals surface area contributed by atoms with Crippen LogP contribution in [0.5, 0.6) is 0 Å². The standard InChI is InChI=1S/C24H34FNO8S/c1-3-5-6-7-16-12-17(25)8-9-19(16)26-35(31,32)20-10-11-24(13-18(20)22(29)30)33-21(14-27)23(4-2,15-28)34-24/h8-9,12-13,20-21,26-28H,3-7,10-11,14-15H2,1-2H3,(H,29,30)/t20?,21-,23-,24?/m1/s1. The molecule has 2 unspecified atom stereocenters. The number of carboxylic acid groups (broad SMARTS) is 1. The number of carbonyl (C=O) groups is 1. The molecule has 3 rings (SSSR count). The Morgan fingerprint density at radius 3 is 2.57 bits per heavy atom. The van der Waals surface area contributed by atoms with Crippen LogP contribution in [0.3, 0.4) is 0 Å². The van der Waals surface area contributed by atoms with E-state index in [0.29, 0.717) is 18.4 Å². The van der Waals surface area contributed by atoms with Crippen LogP contribution in [0.2, 0.25) is 0 Å². The van der Waals surface area contributed by atoms with E-state index in [9.17, 15) is 32.9 Å². The number of sulfonamides is 1. The van der Waals surface area contributed by atoms with Crippen molar-refractivity contribution in [3.63, 3.8) is 0 Å². The summed E-state index contributed by atoms with van der Waals surface area (Å²) >= 11 is 0. The number of ether oxygens (including phenoxy) is 2. The van der Waals surface area contributed by atoms with Crippen molar-refractivity contribution in [3.8, 4) is 0 Å². The molecule has 196 valence electrons. The summed E-state index contributed by atoms with van der Waals surface area (Å²) in [5, 5.41) is 28.1. The maximum Gasteiger partial charge on any atom is 0.332 e. The van der Waals surface area contributed by atoms with Crippen LogP contribution in [0.15, 0.2) is 29.8 Å². The van der Waals surface area contributed by atoms with Gasteiger partial charge in [-0.2, -0.15) is 0 Å². The molecule has 1 saturated heterocycles. The number of benzene rings is 1. The van der Waals surface area contributed by atoms with Gasteiger partial charge in [0.1, 0.15) is 22.8 Å². The Balaban J connectivity index is 1.91. The number of aliphatic hydroxyl groups is 2. The molecule has 1 fully saturated rings. The highest BCUT2D eigenvalue weighted by Crippen LogP contribution is 2.46. The van der Waals surface area contributed by atoms with Gasteiger partial charge in [-0.3, -0.25) is 4.72 Å². The second-order valence-electron chi connectivity index (χ2n) is 9.12. The summed E-state index contributed by atoms with van der Waals surface area (Å²) in [6, 6.07) is 3.78. The van der Waals surface area contributed by atoms with Crippen molar-refractivity contribution in [2.45, 2.75) is 81.5 Å². The van der Waals surface area contributed by atoms with Crippen molar-refractivity contribution in [2.24, 2.45) is 0 Å². The molecule has 9 nitrogen and oxygen atoms in total. The van der Waals surface area contributed by atoms with Crippen LogP contribution in [0, 0.1) is 5.82 Å². The maximum atomic E-state index is 13.8. The first-order valence-electron chi connectivity index (χ1n) is 11.9. The SMILES string of the molecule is CCCCCc1cc(F)ccc1NS(=O)(=O)C1CCC2(C=C1C(=O)O)O[C@H](CO)[C@@](CC)(CO)O2. The van der Waals surface area contributed by atoms with Gasteiger partial charge in [-0.05, 0) is 55.5 Å².